The van der Waals surface area contributed by atoms with Crippen molar-refractivity contribution in [2.75, 3.05) is 20.8 Å². The van der Waals surface area contributed by atoms with Crippen LogP contribution in [-0.4, -0.2) is 47.3 Å². The number of amides is 2. The second-order valence-electron chi connectivity index (χ2n) is 7.43. The summed E-state index contributed by atoms with van der Waals surface area (Å²) >= 11 is 0. The molecule has 0 spiro atoms. The number of aromatic nitrogens is 3. The van der Waals surface area contributed by atoms with Gasteiger partial charge in [-0.05, 0) is 30.3 Å². The van der Waals surface area contributed by atoms with E-state index in [4.69, 9.17) is 9.47 Å². The second kappa shape index (κ2) is 10.5. The van der Waals surface area contributed by atoms with Crippen molar-refractivity contribution in [2.24, 2.45) is 0 Å². The zero-order valence-electron chi connectivity index (χ0n) is 19.1. The highest BCUT2D eigenvalue weighted by atomic mass is 16.5. The van der Waals surface area contributed by atoms with Crippen LogP contribution in [0.4, 0.5) is 0 Å². The molecule has 10 nitrogen and oxygen atoms in total. The fraction of sp³-hybridized carbons (Fsp3) is 0.160. The van der Waals surface area contributed by atoms with E-state index in [9.17, 15) is 14.4 Å². The molecule has 0 bridgehead atoms. The van der Waals surface area contributed by atoms with Crippen molar-refractivity contribution in [1.82, 2.24) is 25.4 Å². The molecule has 2 heterocycles. The molecule has 0 aliphatic carbocycles. The molecule has 0 aliphatic rings. The maximum Gasteiger partial charge on any atom is 0.279 e. The summed E-state index contributed by atoms with van der Waals surface area (Å²) in [7, 11) is 2.99. The Morgan fingerprint density at radius 2 is 1.66 bits per heavy atom. The summed E-state index contributed by atoms with van der Waals surface area (Å²) in [5.74, 6) is -0.0906. The van der Waals surface area contributed by atoms with Crippen molar-refractivity contribution in [1.29, 1.82) is 0 Å². The summed E-state index contributed by atoms with van der Waals surface area (Å²) in [4.78, 5) is 42.6. The van der Waals surface area contributed by atoms with Crippen LogP contribution in [0.5, 0.6) is 11.5 Å². The number of ether oxygens (including phenoxy) is 2. The number of hydrogen-bond acceptors (Lipinski definition) is 7. The Balaban J connectivity index is 1.61. The van der Waals surface area contributed by atoms with Crippen LogP contribution in [0.25, 0.3) is 16.5 Å². The predicted octanol–water partition coefficient (Wildman–Crippen LogP) is 1.84. The van der Waals surface area contributed by atoms with E-state index >= 15 is 0 Å². The molecule has 0 radical (unpaired) electrons. The highest BCUT2D eigenvalue weighted by Crippen LogP contribution is 2.28. The Bertz CT molecular complexity index is 1440. The van der Waals surface area contributed by atoms with Gasteiger partial charge in [-0.15, -0.1) is 0 Å². The Morgan fingerprint density at radius 1 is 0.914 bits per heavy atom. The normalized spacial score (nSPS) is 10.6. The van der Waals surface area contributed by atoms with Gasteiger partial charge in [0.25, 0.3) is 11.5 Å². The first-order valence-electron chi connectivity index (χ1n) is 10.7. The molecule has 0 fully saturated rings. The molecule has 4 aromatic rings. The molecule has 0 saturated carbocycles. The number of methoxy groups -OCH3 is 2. The molecule has 10 heteroatoms. The molecule has 2 amide bonds. The minimum atomic E-state index is -0.594. The van der Waals surface area contributed by atoms with Crippen molar-refractivity contribution >= 4 is 22.6 Å². The lowest BCUT2D eigenvalue weighted by molar-refractivity contribution is -0.120. The zero-order chi connectivity index (χ0) is 24.8. The fourth-order valence-electron chi connectivity index (χ4n) is 3.49. The average Bonchev–Trinajstić information content (AvgIpc) is 2.91. The van der Waals surface area contributed by atoms with Gasteiger partial charge in [0.2, 0.25) is 5.91 Å². The summed E-state index contributed by atoms with van der Waals surface area (Å²) in [6.07, 6.45) is 1.63. The lowest BCUT2D eigenvalue weighted by Gasteiger charge is -2.13. The number of benzene rings is 2. The third kappa shape index (κ3) is 5.11. The van der Waals surface area contributed by atoms with Gasteiger partial charge in [-0.3, -0.25) is 19.4 Å². The monoisotopic (exact) mass is 473 g/mol. The van der Waals surface area contributed by atoms with Crippen LogP contribution < -0.4 is 25.7 Å². The van der Waals surface area contributed by atoms with Gasteiger partial charge in [-0.25, -0.2) is 0 Å². The van der Waals surface area contributed by atoms with Crippen LogP contribution in [0.3, 0.4) is 0 Å². The molecular weight excluding hydrogens is 450 g/mol. The minimum Gasteiger partial charge on any atom is -0.493 e. The lowest BCUT2D eigenvalue weighted by Crippen LogP contribution is -2.38. The van der Waals surface area contributed by atoms with Crippen LogP contribution in [0.1, 0.15) is 16.2 Å². The molecule has 0 aliphatic heterocycles. The highest BCUT2D eigenvalue weighted by molar-refractivity contribution is 6.05. The Hall–Kier alpha value is -4.73. The Kier molecular flexibility index (Phi) is 7.01. The van der Waals surface area contributed by atoms with Gasteiger partial charge in [-0.2, -0.15) is 9.78 Å². The van der Waals surface area contributed by atoms with Gasteiger partial charge in [0.05, 0.1) is 44.1 Å². The smallest absolute Gasteiger partial charge is 0.279 e. The van der Waals surface area contributed by atoms with Gasteiger partial charge < -0.3 is 20.1 Å². The Labute approximate surface area is 200 Å². The number of rotatable bonds is 8. The van der Waals surface area contributed by atoms with Crippen molar-refractivity contribution in [3.05, 3.63) is 88.6 Å². The van der Waals surface area contributed by atoms with E-state index < -0.39 is 11.5 Å². The van der Waals surface area contributed by atoms with Crippen LogP contribution in [0.15, 0.2) is 71.7 Å². The van der Waals surface area contributed by atoms with E-state index in [2.05, 4.69) is 20.7 Å². The molecule has 2 aromatic heterocycles. The summed E-state index contributed by atoms with van der Waals surface area (Å²) < 4.78 is 11.7. The van der Waals surface area contributed by atoms with Gasteiger partial charge in [0, 0.05) is 17.6 Å². The predicted molar refractivity (Wildman–Crippen MR) is 129 cm³/mol. The first-order valence-corrected chi connectivity index (χ1v) is 10.7. The number of pyridine rings is 1. The van der Waals surface area contributed by atoms with E-state index in [0.717, 1.165) is 4.68 Å². The molecule has 4 rings (SSSR count). The minimum absolute atomic E-state index is 0.00695. The summed E-state index contributed by atoms with van der Waals surface area (Å²) in [5, 5.41) is 10.3. The van der Waals surface area contributed by atoms with E-state index in [-0.39, 0.29) is 24.7 Å². The van der Waals surface area contributed by atoms with E-state index in [0.29, 0.717) is 33.7 Å². The van der Waals surface area contributed by atoms with Gasteiger partial charge >= 0.3 is 0 Å². The standard InChI is InChI=1S/C25H23N5O5/c1-34-20-11-10-17(13-21(20)35-2)30-25(33)19-9-4-3-8-18(19)23(29-30)24(32)28-15-22(31)27-14-16-7-5-6-12-26-16/h3-13H,14-15H2,1-2H3,(H,27,31)(H,28,32). The number of nitrogens with zero attached hydrogens (tertiary/aromatic N) is 3. The topological polar surface area (TPSA) is 124 Å². The summed E-state index contributed by atoms with van der Waals surface area (Å²) in [5.41, 5.74) is 0.687. The second-order valence-corrected chi connectivity index (χ2v) is 7.43. The largest absolute Gasteiger partial charge is 0.493 e. The van der Waals surface area contributed by atoms with E-state index in [1.807, 2.05) is 6.07 Å². The summed E-state index contributed by atoms with van der Waals surface area (Å²) in [6.45, 7) is -0.0297. The fourth-order valence-corrected chi connectivity index (χ4v) is 3.49. The first-order chi connectivity index (χ1) is 17.0. The Morgan fingerprint density at radius 3 is 2.37 bits per heavy atom. The van der Waals surface area contributed by atoms with Crippen molar-refractivity contribution in [3.8, 4) is 17.2 Å². The quantitative estimate of drug-likeness (QED) is 0.400. The number of nitrogens with one attached hydrogen (secondary N) is 2. The maximum atomic E-state index is 13.2. The molecule has 35 heavy (non-hydrogen) atoms. The number of hydrogen-bond donors (Lipinski definition) is 2. The SMILES string of the molecule is COc1ccc(-n2nc(C(=O)NCC(=O)NCc3ccccn3)c3ccccc3c2=O)cc1OC. The molecule has 0 unspecified atom stereocenters. The number of carbonyl (C=O) groups is 2. The third-order valence-corrected chi connectivity index (χ3v) is 5.23. The average molecular weight is 473 g/mol. The lowest BCUT2D eigenvalue weighted by atomic mass is 10.1. The van der Waals surface area contributed by atoms with Crippen molar-refractivity contribution < 1.29 is 19.1 Å². The van der Waals surface area contributed by atoms with Crippen LogP contribution in [0, 0.1) is 0 Å². The molecule has 2 N–H and O–H groups in total. The third-order valence-electron chi connectivity index (χ3n) is 5.23. The molecular formula is C25H23N5O5. The van der Waals surface area contributed by atoms with Crippen molar-refractivity contribution in [3.63, 3.8) is 0 Å². The highest BCUT2D eigenvalue weighted by Gasteiger charge is 2.19. The maximum absolute atomic E-state index is 13.2. The molecule has 2 aromatic carbocycles. The van der Waals surface area contributed by atoms with Gasteiger partial charge in [-0.1, -0.05) is 24.3 Å². The molecule has 0 atom stereocenters. The van der Waals surface area contributed by atoms with Crippen molar-refractivity contribution in [2.45, 2.75) is 6.54 Å². The number of fused-ring (bicyclic) bond motifs is 1. The van der Waals surface area contributed by atoms with Gasteiger partial charge in [0.1, 0.15) is 0 Å². The van der Waals surface area contributed by atoms with Gasteiger partial charge in [0.15, 0.2) is 17.2 Å². The van der Waals surface area contributed by atoms with Crippen LogP contribution in [-0.2, 0) is 11.3 Å². The first kappa shape index (κ1) is 23.4. The van der Waals surface area contributed by atoms with E-state index in [1.54, 1.807) is 60.8 Å². The van der Waals surface area contributed by atoms with Crippen LogP contribution in [0.2, 0.25) is 0 Å². The zero-order valence-corrected chi connectivity index (χ0v) is 19.1. The molecule has 0 saturated heterocycles. The number of carbonyl (C=O) groups excluding carboxylic acids is 2. The summed E-state index contributed by atoms with van der Waals surface area (Å²) in [6, 6.07) is 16.9. The van der Waals surface area contributed by atoms with Crippen LogP contribution >= 0.6 is 0 Å². The molecule has 178 valence electrons. The van der Waals surface area contributed by atoms with E-state index in [1.165, 1.54) is 14.2 Å².